The molecular weight excluding hydrogens is 102 g/mol. The van der Waals surface area contributed by atoms with Crippen molar-refractivity contribution in [3.63, 3.8) is 0 Å². The average Bonchev–Trinajstić information content (AvgIpc) is 1.68. The highest BCUT2D eigenvalue weighted by Gasteiger charge is 1.73. The average molecular weight is 111 g/mol. The van der Waals surface area contributed by atoms with E-state index < -0.39 is 0 Å². The van der Waals surface area contributed by atoms with E-state index in [4.69, 9.17) is 10.8 Å². The lowest BCUT2D eigenvalue weighted by molar-refractivity contribution is 0.473. The zero-order chi connectivity index (χ0) is 6.41. The van der Waals surface area contributed by atoms with E-state index in [2.05, 4.69) is 6.58 Å². The SMILES string of the molecule is C=C/C=C(N)\C=C/O. The summed E-state index contributed by atoms with van der Waals surface area (Å²) in [6.45, 7) is 3.41. The zero-order valence-electron chi connectivity index (χ0n) is 4.54. The van der Waals surface area contributed by atoms with Crippen molar-refractivity contribution in [2.24, 2.45) is 5.73 Å². The number of hydrogen-bond acceptors (Lipinski definition) is 2. The Bertz CT molecular complexity index is 124. The van der Waals surface area contributed by atoms with E-state index >= 15 is 0 Å². The van der Waals surface area contributed by atoms with Crippen molar-refractivity contribution in [2.45, 2.75) is 0 Å². The van der Waals surface area contributed by atoms with Gasteiger partial charge in [-0.15, -0.1) is 0 Å². The van der Waals surface area contributed by atoms with Crippen LogP contribution in [0.5, 0.6) is 0 Å². The predicted molar refractivity (Wildman–Crippen MR) is 34.2 cm³/mol. The van der Waals surface area contributed by atoms with Gasteiger partial charge in [0.25, 0.3) is 0 Å². The maximum atomic E-state index is 8.13. The molecule has 0 aliphatic heterocycles. The first kappa shape index (κ1) is 6.82. The van der Waals surface area contributed by atoms with E-state index in [-0.39, 0.29) is 0 Å². The van der Waals surface area contributed by atoms with E-state index in [0.717, 1.165) is 6.26 Å². The molecule has 0 unspecified atom stereocenters. The highest BCUT2D eigenvalue weighted by molar-refractivity contribution is 5.17. The van der Waals surface area contributed by atoms with Crippen LogP contribution in [-0.4, -0.2) is 5.11 Å². The van der Waals surface area contributed by atoms with Gasteiger partial charge in [-0.05, 0) is 12.2 Å². The van der Waals surface area contributed by atoms with Gasteiger partial charge in [0, 0.05) is 5.70 Å². The third-order valence-corrected chi connectivity index (χ3v) is 0.577. The van der Waals surface area contributed by atoms with Crippen LogP contribution in [0.25, 0.3) is 0 Å². The molecule has 0 aromatic heterocycles. The molecule has 8 heavy (non-hydrogen) atoms. The van der Waals surface area contributed by atoms with Gasteiger partial charge >= 0.3 is 0 Å². The molecule has 2 heteroatoms. The van der Waals surface area contributed by atoms with Crippen molar-refractivity contribution in [3.8, 4) is 0 Å². The third-order valence-electron chi connectivity index (χ3n) is 0.577. The molecule has 0 aliphatic rings. The fraction of sp³-hybridized carbons (Fsp3) is 0. The highest BCUT2D eigenvalue weighted by atomic mass is 16.2. The molecule has 44 valence electrons. The van der Waals surface area contributed by atoms with Crippen LogP contribution in [0.4, 0.5) is 0 Å². The first-order valence-electron chi connectivity index (χ1n) is 2.20. The number of rotatable bonds is 2. The van der Waals surface area contributed by atoms with Gasteiger partial charge in [-0.1, -0.05) is 12.7 Å². The minimum atomic E-state index is 0.488. The lowest BCUT2D eigenvalue weighted by atomic mass is 10.4. The summed E-state index contributed by atoms with van der Waals surface area (Å²) < 4.78 is 0. The van der Waals surface area contributed by atoms with Gasteiger partial charge in [-0.2, -0.15) is 0 Å². The second kappa shape index (κ2) is 3.99. The van der Waals surface area contributed by atoms with Crippen LogP contribution in [0.2, 0.25) is 0 Å². The van der Waals surface area contributed by atoms with Crippen LogP contribution in [0.3, 0.4) is 0 Å². The second-order valence-electron chi connectivity index (χ2n) is 1.22. The number of hydrogen-bond donors (Lipinski definition) is 2. The van der Waals surface area contributed by atoms with E-state index in [1.807, 2.05) is 0 Å². The normalized spacial score (nSPS) is 12.2. The zero-order valence-corrected chi connectivity index (χ0v) is 4.54. The first-order chi connectivity index (χ1) is 3.81. The van der Waals surface area contributed by atoms with Gasteiger partial charge in [-0.25, -0.2) is 0 Å². The predicted octanol–water partition coefficient (Wildman–Crippen LogP) is 1.09. The molecule has 0 bridgehead atoms. The molecule has 0 spiro atoms. The Morgan fingerprint density at radius 1 is 1.62 bits per heavy atom. The molecular formula is C6H9NO. The maximum absolute atomic E-state index is 8.13. The summed E-state index contributed by atoms with van der Waals surface area (Å²) in [5.41, 5.74) is 5.73. The fourth-order valence-corrected chi connectivity index (χ4v) is 0.278. The van der Waals surface area contributed by atoms with Crippen molar-refractivity contribution in [1.82, 2.24) is 0 Å². The molecule has 0 fully saturated rings. The van der Waals surface area contributed by atoms with E-state index in [0.29, 0.717) is 5.70 Å². The van der Waals surface area contributed by atoms with Gasteiger partial charge < -0.3 is 10.8 Å². The van der Waals surface area contributed by atoms with Crippen LogP contribution in [0.15, 0.2) is 36.8 Å². The van der Waals surface area contributed by atoms with Crippen LogP contribution >= 0.6 is 0 Å². The molecule has 0 aromatic carbocycles. The van der Waals surface area contributed by atoms with E-state index in [1.54, 1.807) is 12.2 Å². The summed E-state index contributed by atoms with van der Waals surface area (Å²) in [6, 6.07) is 0. The molecule has 0 aliphatic carbocycles. The second-order valence-corrected chi connectivity index (χ2v) is 1.22. The minimum Gasteiger partial charge on any atom is -0.516 e. The quantitative estimate of drug-likeness (QED) is 0.414. The Morgan fingerprint density at radius 2 is 2.25 bits per heavy atom. The molecule has 0 atom stereocenters. The highest BCUT2D eigenvalue weighted by Crippen LogP contribution is 1.83. The topological polar surface area (TPSA) is 46.2 Å². The largest absolute Gasteiger partial charge is 0.516 e. The smallest absolute Gasteiger partial charge is 0.0812 e. The summed E-state index contributed by atoms with van der Waals surface area (Å²) >= 11 is 0. The summed E-state index contributed by atoms with van der Waals surface area (Å²) in [5, 5.41) is 8.13. The number of aliphatic hydroxyl groups is 1. The van der Waals surface area contributed by atoms with Crippen LogP contribution < -0.4 is 5.73 Å². The molecule has 0 aromatic rings. The lowest BCUT2D eigenvalue weighted by Gasteiger charge is -1.83. The molecule has 0 radical (unpaired) electrons. The Labute approximate surface area is 48.6 Å². The summed E-state index contributed by atoms with van der Waals surface area (Å²) in [6.07, 6.45) is 5.40. The summed E-state index contributed by atoms with van der Waals surface area (Å²) in [5.74, 6) is 0. The summed E-state index contributed by atoms with van der Waals surface area (Å²) in [4.78, 5) is 0. The van der Waals surface area contributed by atoms with E-state index in [1.165, 1.54) is 6.08 Å². The van der Waals surface area contributed by atoms with Crippen LogP contribution in [0, 0.1) is 0 Å². The monoisotopic (exact) mass is 111 g/mol. The maximum Gasteiger partial charge on any atom is 0.0812 e. The van der Waals surface area contributed by atoms with Crippen molar-refractivity contribution in [3.05, 3.63) is 36.8 Å². The molecule has 0 heterocycles. The lowest BCUT2D eigenvalue weighted by Crippen LogP contribution is -1.90. The Kier molecular flexibility index (Phi) is 3.40. The number of aliphatic hydroxyl groups excluding tert-OH is 1. The van der Waals surface area contributed by atoms with Gasteiger partial charge in [0.05, 0.1) is 6.26 Å². The van der Waals surface area contributed by atoms with Crippen LogP contribution in [-0.2, 0) is 0 Å². The number of nitrogens with two attached hydrogens (primary N) is 1. The Morgan fingerprint density at radius 3 is 2.62 bits per heavy atom. The van der Waals surface area contributed by atoms with Gasteiger partial charge in [0.1, 0.15) is 0 Å². The minimum absolute atomic E-state index is 0.488. The molecule has 3 N–H and O–H groups in total. The molecule has 0 amide bonds. The fourth-order valence-electron chi connectivity index (χ4n) is 0.278. The van der Waals surface area contributed by atoms with Gasteiger partial charge in [-0.3, -0.25) is 0 Å². The van der Waals surface area contributed by atoms with E-state index in [9.17, 15) is 0 Å². The molecule has 0 saturated carbocycles. The Hall–Kier alpha value is -1.18. The molecule has 0 rings (SSSR count). The summed E-state index contributed by atoms with van der Waals surface area (Å²) in [7, 11) is 0. The van der Waals surface area contributed by atoms with Gasteiger partial charge in [0.15, 0.2) is 0 Å². The molecule has 2 nitrogen and oxygen atoms in total. The van der Waals surface area contributed by atoms with Crippen molar-refractivity contribution >= 4 is 0 Å². The van der Waals surface area contributed by atoms with Crippen LogP contribution in [0.1, 0.15) is 0 Å². The Balaban J connectivity index is 3.79. The standard InChI is InChI=1S/C6H9NO/c1-2-3-6(7)4-5-8/h2-5,8H,1,7H2/b5-4-,6-3+. The van der Waals surface area contributed by atoms with Gasteiger partial charge in [0.2, 0.25) is 0 Å². The third kappa shape index (κ3) is 3.03. The first-order valence-corrected chi connectivity index (χ1v) is 2.20. The van der Waals surface area contributed by atoms with Crippen molar-refractivity contribution < 1.29 is 5.11 Å². The van der Waals surface area contributed by atoms with Crippen molar-refractivity contribution in [2.75, 3.05) is 0 Å². The van der Waals surface area contributed by atoms with Crippen molar-refractivity contribution in [1.29, 1.82) is 0 Å². The molecule has 0 saturated heterocycles. The number of allylic oxidation sites excluding steroid dienone is 3.